The number of urea groups is 1. The number of hydrogen-bond donors (Lipinski definition) is 2. The minimum Gasteiger partial charge on any atom is -0.396 e. The van der Waals surface area contributed by atoms with E-state index in [-0.39, 0.29) is 24.5 Å². The fourth-order valence-corrected chi connectivity index (χ4v) is 3.48. The second-order valence-electron chi connectivity index (χ2n) is 6.72. The number of likely N-dealkylation sites (tertiary alicyclic amines) is 1. The summed E-state index contributed by atoms with van der Waals surface area (Å²) in [4.78, 5) is 28.0. The highest BCUT2D eigenvalue weighted by Gasteiger charge is 2.25. The topological polar surface area (TPSA) is 72.9 Å². The lowest BCUT2D eigenvalue weighted by Crippen LogP contribution is -2.43. The number of benzene rings is 1. The number of aliphatic hydroxyl groups is 1. The van der Waals surface area contributed by atoms with Gasteiger partial charge in [-0.2, -0.15) is 0 Å². The van der Waals surface area contributed by atoms with Crippen LogP contribution in [0.25, 0.3) is 0 Å². The molecule has 0 spiro atoms. The van der Waals surface area contributed by atoms with Crippen molar-refractivity contribution in [3.05, 3.63) is 23.8 Å². The third kappa shape index (κ3) is 3.53. The van der Waals surface area contributed by atoms with Gasteiger partial charge in [0, 0.05) is 44.0 Å². The van der Waals surface area contributed by atoms with Crippen LogP contribution in [0.3, 0.4) is 0 Å². The molecule has 1 unspecified atom stereocenters. The van der Waals surface area contributed by atoms with E-state index in [1.165, 1.54) is 0 Å². The number of rotatable bonds is 3. The number of hydrogen-bond acceptors (Lipinski definition) is 3. The normalized spacial score (nSPS) is 21.2. The summed E-state index contributed by atoms with van der Waals surface area (Å²) >= 11 is 0. The lowest BCUT2D eigenvalue weighted by molar-refractivity contribution is -0.117. The van der Waals surface area contributed by atoms with Crippen molar-refractivity contribution in [2.75, 3.05) is 36.5 Å². The van der Waals surface area contributed by atoms with Gasteiger partial charge in [-0.25, -0.2) is 4.79 Å². The maximum atomic E-state index is 12.5. The maximum absolute atomic E-state index is 12.5. The van der Waals surface area contributed by atoms with E-state index in [1.807, 2.05) is 25.1 Å². The molecule has 6 heteroatoms. The molecule has 0 aliphatic carbocycles. The molecule has 130 valence electrons. The van der Waals surface area contributed by atoms with Crippen molar-refractivity contribution in [2.24, 2.45) is 5.92 Å². The Morgan fingerprint density at radius 2 is 2.17 bits per heavy atom. The SMILES string of the molecule is Cc1ccc(NC(=O)N2CCCC(CO)C2)cc1N1CCCC1=O. The first-order valence-electron chi connectivity index (χ1n) is 8.66. The Bertz CT molecular complexity index is 632. The fraction of sp³-hybridized carbons (Fsp3) is 0.556. The molecule has 0 aromatic heterocycles. The molecule has 0 bridgehead atoms. The van der Waals surface area contributed by atoms with E-state index in [9.17, 15) is 14.7 Å². The van der Waals surface area contributed by atoms with Crippen molar-refractivity contribution in [1.82, 2.24) is 4.90 Å². The maximum Gasteiger partial charge on any atom is 0.321 e. The van der Waals surface area contributed by atoms with Crippen molar-refractivity contribution in [3.63, 3.8) is 0 Å². The van der Waals surface area contributed by atoms with Gasteiger partial charge in [-0.05, 0) is 49.8 Å². The standard InChI is InChI=1S/C18H25N3O3/c1-13-6-7-15(10-16(13)21-9-3-5-17(21)23)19-18(24)20-8-2-4-14(11-20)12-22/h6-7,10,14,22H,2-5,8-9,11-12H2,1H3,(H,19,24). The number of carbonyl (C=O) groups is 2. The molecule has 3 rings (SSSR count). The summed E-state index contributed by atoms with van der Waals surface area (Å²) in [6.07, 6.45) is 3.35. The number of nitrogens with one attached hydrogen (secondary N) is 1. The molecular formula is C18H25N3O3. The van der Waals surface area contributed by atoms with Crippen LogP contribution in [0, 0.1) is 12.8 Å². The summed E-state index contributed by atoms with van der Waals surface area (Å²) in [5, 5.41) is 12.2. The zero-order valence-corrected chi connectivity index (χ0v) is 14.1. The van der Waals surface area contributed by atoms with Crippen LogP contribution in [0.15, 0.2) is 18.2 Å². The van der Waals surface area contributed by atoms with Crippen LogP contribution in [0.1, 0.15) is 31.2 Å². The van der Waals surface area contributed by atoms with Crippen LogP contribution in [0.2, 0.25) is 0 Å². The van der Waals surface area contributed by atoms with Gasteiger partial charge < -0.3 is 20.2 Å². The number of amides is 3. The van der Waals surface area contributed by atoms with Crippen LogP contribution in [-0.2, 0) is 4.79 Å². The molecule has 2 aliphatic rings. The molecule has 2 saturated heterocycles. The summed E-state index contributed by atoms with van der Waals surface area (Å²) in [7, 11) is 0. The number of carbonyl (C=O) groups excluding carboxylic acids is 2. The van der Waals surface area contributed by atoms with Crippen molar-refractivity contribution in [3.8, 4) is 0 Å². The number of anilines is 2. The molecular weight excluding hydrogens is 306 g/mol. The predicted molar refractivity (Wildman–Crippen MR) is 93.2 cm³/mol. The van der Waals surface area contributed by atoms with Crippen molar-refractivity contribution in [1.29, 1.82) is 0 Å². The summed E-state index contributed by atoms with van der Waals surface area (Å²) in [5.41, 5.74) is 2.61. The van der Waals surface area contributed by atoms with E-state index in [0.29, 0.717) is 25.2 Å². The Kier molecular flexibility index (Phi) is 5.04. The number of aryl methyl sites for hydroxylation is 1. The van der Waals surface area contributed by atoms with Crippen LogP contribution in [0.4, 0.5) is 16.2 Å². The Balaban J connectivity index is 1.71. The lowest BCUT2D eigenvalue weighted by Gasteiger charge is -2.32. The highest BCUT2D eigenvalue weighted by molar-refractivity contribution is 5.97. The second kappa shape index (κ2) is 7.21. The Hall–Kier alpha value is -2.08. The largest absolute Gasteiger partial charge is 0.396 e. The summed E-state index contributed by atoms with van der Waals surface area (Å²) in [6.45, 7) is 4.14. The molecule has 2 aliphatic heterocycles. The fourth-order valence-electron chi connectivity index (χ4n) is 3.48. The third-order valence-electron chi connectivity index (χ3n) is 4.89. The monoisotopic (exact) mass is 331 g/mol. The molecule has 0 radical (unpaired) electrons. The van der Waals surface area contributed by atoms with Gasteiger partial charge in [-0.3, -0.25) is 4.79 Å². The van der Waals surface area contributed by atoms with Crippen molar-refractivity contribution in [2.45, 2.75) is 32.6 Å². The third-order valence-corrected chi connectivity index (χ3v) is 4.89. The lowest BCUT2D eigenvalue weighted by atomic mass is 9.99. The van der Waals surface area contributed by atoms with Crippen molar-refractivity contribution >= 4 is 23.3 Å². The van der Waals surface area contributed by atoms with E-state index >= 15 is 0 Å². The molecule has 0 saturated carbocycles. The minimum atomic E-state index is -0.143. The molecule has 3 amide bonds. The molecule has 6 nitrogen and oxygen atoms in total. The smallest absolute Gasteiger partial charge is 0.321 e. The van der Waals surface area contributed by atoms with Gasteiger partial charge in [0.15, 0.2) is 0 Å². The first-order chi connectivity index (χ1) is 11.6. The Labute approximate surface area is 142 Å². The average molecular weight is 331 g/mol. The molecule has 1 atom stereocenters. The van der Waals surface area contributed by atoms with Gasteiger partial charge in [0.1, 0.15) is 0 Å². The number of aliphatic hydroxyl groups excluding tert-OH is 1. The van der Waals surface area contributed by atoms with E-state index in [2.05, 4.69) is 5.32 Å². The van der Waals surface area contributed by atoms with Gasteiger partial charge in [0.25, 0.3) is 0 Å². The van der Waals surface area contributed by atoms with Gasteiger partial charge in [-0.15, -0.1) is 0 Å². The Morgan fingerprint density at radius 3 is 2.88 bits per heavy atom. The van der Waals surface area contributed by atoms with E-state index in [4.69, 9.17) is 0 Å². The molecule has 24 heavy (non-hydrogen) atoms. The zero-order chi connectivity index (χ0) is 17.1. The van der Waals surface area contributed by atoms with Crippen LogP contribution in [0.5, 0.6) is 0 Å². The van der Waals surface area contributed by atoms with Gasteiger partial charge in [-0.1, -0.05) is 6.07 Å². The molecule has 2 N–H and O–H groups in total. The second-order valence-corrected chi connectivity index (χ2v) is 6.72. The van der Waals surface area contributed by atoms with Gasteiger partial charge in [0.2, 0.25) is 5.91 Å². The first-order valence-corrected chi connectivity index (χ1v) is 8.66. The summed E-state index contributed by atoms with van der Waals surface area (Å²) in [5.74, 6) is 0.309. The molecule has 1 aromatic rings. The first kappa shape index (κ1) is 16.8. The van der Waals surface area contributed by atoms with E-state index in [1.54, 1.807) is 9.80 Å². The van der Waals surface area contributed by atoms with E-state index < -0.39 is 0 Å². The van der Waals surface area contributed by atoms with Crippen molar-refractivity contribution < 1.29 is 14.7 Å². The number of piperidine rings is 1. The quantitative estimate of drug-likeness (QED) is 0.893. The highest BCUT2D eigenvalue weighted by Crippen LogP contribution is 2.28. The predicted octanol–water partition coefficient (Wildman–Crippen LogP) is 2.36. The molecule has 2 fully saturated rings. The van der Waals surface area contributed by atoms with Crippen LogP contribution >= 0.6 is 0 Å². The zero-order valence-electron chi connectivity index (χ0n) is 14.1. The Morgan fingerprint density at radius 1 is 1.33 bits per heavy atom. The summed E-state index contributed by atoms with van der Waals surface area (Å²) in [6, 6.07) is 5.54. The van der Waals surface area contributed by atoms with Gasteiger partial charge in [0.05, 0.1) is 0 Å². The molecule has 1 aromatic carbocycles. The van der Waals surface area contributed by atoms with Crippen LogP contribution < -0.4 is 10.2 Å². The highest BCUT2D eigenvalue weighted by atomic mass is 16.3. The summed E-state index contributed by atoms with van der Waals surface area (Å²) < 4.78 is 0. The molecule has 2 heterocycles. The number of nitrogens with zero attached hydrogens (tertiary/aromatic N) is 2. The van der Waals surface area contributed by atoms with Gasteiger partial charge >= 0.3 is 6.03 Å². The minimum absolute atomic E-state index is 0.121. The van der Waals surface area contributed by atoms with Crippen LogP contribution in [-0.4, -0.2) is 48.2 Å². The average Bonchev–Trinajstić information content (AvgIpc) is 3.02. The van der Waals surface area contributed by atoms with E-state index in [0.717, 1.165) is 37.1 Å².